The van der Waals surface area contributed by atoms with Gasteiger partial charge in [-0.2, -0.15) is 0 Å². The van der Waals surface area contributed by atoms with E-state index in [4.69, 9.17) is 9.47 Å². The van der Waals surface area contributed by atoms with Gasteiger partial charge in [0.05, 0.1) is 15.9 Å². The number of nitrogens with one attached hydrogen (secondary N) is 1. The first-order valence-corrected chi connectivity index (χ1v) is 11.8. The second-order valence-corrected chi connectivity index (χ2v) is 8.77. The SMILES string of the molecule is CCOc1cc(/C=C2\C(=O)NC(=O)N(c3ccc(F)cc3)C2=O)cc(I)c1OCc1ccc(F)cc1. The molecule has 1 aliphatic rings. The average molecular weight is 604 g/mol. The normalized spacial score (nSPS) is 14.7. The molecule has 0 unspecified atom stereocenters. The number of hydrogen-bond donors (Lipinski definition) is 1. The standard InChI is InChI=1S/C26H19F2IN2O5/c1-2-35-22-13-16(12-21(29)23(22)36-14-15-3-5-17(27)6-4-15)11-20-24(32)30-26(34)31(25(20)33)19-9-7-18(28)8-10-19/h3-13H,2,14H2,1H3,(H,30,32,34)/b20-11+. The van der Waals surface area contributed by atoms with E-state index in [1.807, 2.05) is 22.6 Å². The Morgan fingerprint density at radius 1 is 0.944 bits per heavy atom. The van der Waals surface area contributed by atoms with Crippen LogP contribution in [0.4, 0.5) is 19.3 Å². The van der Waals surface area contributed by atoms with Gasteiger partial charge in [-0.15, -0.1) is 0 Å². The molecule has 1 aliphatic heterocycles. The van der Waals surface area contributed by atoms with Crippen LogP contribution < -0.4 is 19.7 Å². The van der Waals surface area contributed by atoms with Gasteiger partial charge in [0.2, 0.25) is 0 Å². The summed E-state index contributed by atoms with van der Waals surface area (Å²) in [7, 11) is 0. The minimum atomic E-state index is -0.928. The van der Waals surface area contributed by atoms with E-state index in [9.17, 15) is 23.2 Å². The van der Waals surface area contributed by atoms with Gasteiger partial charge in [0.25, 0.3) is 11.8 Å². The van der Waals surface area contributed by atoms with Crippen LogP contribution in [0.25, 0.3) is 6.08 Å². The van der Waals surface area contributed by atoms with Gasteiger partial charge in [0.1, 0.15) is 23.8 Å². The molecular weight excluding hydrogens is 585 g/mol. The monoisotopic (exact) mass is 604 g/mol. The van der Waals surface area contributed by atoms with Gasteiger partial charge in [0, 0.05) is 0 Å². The number of rotatable bonds is 7. The number of amides is 4. The van der Waals surface area contributed by atoms with Crippen molar-refractivity contribution >= 4 is 52.2 Å². The smallest absolute Gasteiger partial charge is 0.335 e. The fraction of sp³-hybridized carbons (Fsp3) is 0.115. The highest BCUT2D eigenvalue weighted by Crippen LogP contribution is 2.36. The summed E-state index contributed by atoms with van der Waals surface area (Å²) in [6.07, 6.45) is 1.34. The highest BCUT2D eigenvalue weighted by atomic mass is 127. The van der Waals surface area contributed by atoms with Crippen LogP contribution >= 0.6 is 22.6 Å². The number of hydrogen-bond acceptors (Lipinski definition) is 5. The predicted molar refractivity (Wildman–Crippen MR) is 136 cm³/mol. The largest absolute Gasteiger partial charge is 0.490 e. The van der Waals surface area contributed by atoms with Gasteiger partial charge in [0.15, 0.2) is 11.5 Å². The number of barbiturate groups is 1. The number of imide groups is 2. The molecule has 0 atom stereocenters. The maximum Gasteiger partial charge on any atom is 0.335 e. The van der Waals surface area contributed by atoms with E-state index < -0.39 is 23.7 Å². The molecule has 0 spiro atoms. The van der Waals surface area contributed by atoms with Crippen LogP contribution in [-0.2, 0) is 16.2 Å². The van der Waals surface area contributed by atoms with Crippen LogP contribution in [0.1, 0.15) is 18.1 Å². The highest BCUT2D eigenvalue weighted by Gasteiger charge is 2.36. The number of carbonyl (C=O) groups is 3. The Hall–Kier alpha value is -3.80. The molecule has 4 amide bonds. The van der Waals surface area contributed by atoms with Crippen molar-refractivity contribution in [2.75, 3.05) is 11.5 Å². The Morgan fingerprint density at radius 2 is 1.58 bits per heavy atom. The van der Waals surface area contributed by atoms with Gasteiger partial charge < -0.3 is 9.47 Å². The van der Waals surface area contributed by atoms with Gasteiger partial charge >= 0.3 is 6.03 Å². The molecule has 10 heteroatoms. The van der Waals surface area contributed by atoms with Crippen molar-refractivity contribution in [2.24, 2.45) is 0 Å². The summed E-state index contributed by atoms with van der Waals surface area (Å²) in [5, 5.41) is 2.13. The van der Waals surface area contributed by atoms with Gasteiger partial charge in [-0.1, -0.05) is 12.1 Å². The number of anilines is 1. The molecule has 0 aromatic heterocycles. The highest BCUT2D eigenvalue weighted by molar-refractivity contribution is 14.1. The predicted octanol–water partition coefficient (Wildman–Crippen LogP) is 5.21. The third-order valence-electron chi connectivity index (χ3n) is 5.13. The van der Waals surface area contributed by atoms with E-state index in [2.05, 4.69) is 5.32 Å². The summed E-state index contributed by atoms with van der Waals surface area (Å²) < 4.78 is 38.8. The Kier molecular flexibility index (Phi) is 7.63. The molecule has 1 heterocycles. The van der Waals surface area contributed by atoms with Crippen LogP contribution in [0, 0.1) is 15.2 Å². The van der Waals surface area contributed by atoms with Crippen LogP contribution in [0.5, 0.6) is 11.5 Å². The summed E-state index contributed by atoms with van der Waals surface area (Å²) in [6, 6.07) is 13.0. The fourth-order valence-electron chi connectivity index (χ4n) is 3.46. The molecule has 3 aromatic rings. The first kappa shape index (κ1) is 25.3. The van der Waals surface area contributed by atoms with E-state index >= 15 is 0 Å². The molecule has 184 valence electrons. The molecule has 0 radical (unpaired) electrons. The van der Waals surface area contributed by atoms with Crippen molar-refractivity contribution in [3.63, 3.8) is 0 Å². The molecule has 36 heavy (non-hydrogen) atoms. The number of halogens is 3. The maximum atomic E-state index is 13.3. The van der Waals surface area contributed by atoms with Gasteiger partial charge in [-0.3, -0.25) is 14.9 Å². The first-order valence-electron chi connectivity index (χ1n) is 10.8. The van der Waals surface area contributed by atoms with Gasteiger partial charge in [-0.05, 0) is 95.2 Å². The second kappa shape index (κ2) is 10.9. The molecule has 0 saturated carbocycles. The lowest BCUT2D eigenvalue weighted by Crippen LogP contribution is -2.54. The maximum absolute atomic E-state index is 13.3. The van der Waals surface area contributed by atoms with E-state index in [0.717, 1.165) is 22.6 Å². The summed E-state index contributed by atoms with van der Waals surface area (Å²) >= 11 is 2.04. The Labute approximate surface area is 218 Å². The van der Waals surface area contributed by atoms with Crippen molar-refractivity contribution in [3.8, 4) is 11.5 Å². The zero-order chi connectivity index (χ0) is 25.8. The molecule has 3 aromatic carbocycles. The first-order chi connectivity index (χ1) is 17.3. The number of nitrogens with zero attached hydrogens (tertiary/aromatic N) is 1. The lowest BCUT2D eigenvalue weighted by atomic mass is 10.1. The molecule has 0 aliphatic carbocycles. The number of benzene rings is 3. The van der Waals surface area contributed by atoms with Crippen LogP contribution in [-0.4, -0.2) is 24.5 Å². The fourth-order valence-corrected chi connectivity index (χ4v) is 4.24. The average Bonchev–Trinajstić information content (AvgIpc) is 2.83. The third-order valence-corrected chi connectivity index (χ3v) is 5.93. The van der Waals surface area contributed by atoms with E-state index in [1.165, 1.54) is 30.3 Å². The molecule has 1 N–H and O–H groups in total. The van der Waals surface area contributed by atoms with E-state index in [-0.39, 0.29) is 23.7 Å². The Bertz CT molecular complexity index is 1360. The molecule has 7 nitrogen and oxygen atoms in total. The van der Waals surface area contributed by atoms with Gasteiger partial charge in [-0.25, -0.2) is 18.5 Å². The van der Waals surface area contributed by atoms with E-state index in [0.29, 0.717) is 27.2 Å². The van der Waals surface area contributed by atoms with Crippen molar-refractivity contribution < 1.29 is 32.6 Å². The zero-order valence-electron chi connectivity index (χ0n) is 18.9. The summed E-state index contributed by atoms with van der Waals surface area (Å²) in [4.78, 5) is 38.7. The second-order valence-electron chi connectivity index (χ2n) is 7.61. The lowest BCUT2D eigenvalue weighted by molar-refractivity contribution is -0.122. The lowest BCUT2D eigenvalue weighted by Gasteiger charge is -2.26. The van der Waals surface area contributed by atoms with Crippen LogP contribution in [0.3, 0.4) is 0 Å². The molecular formula is C26H19F2IN2O5. The molecule has 0 bridgehead atoms. The summed E-state index contributed by atoms with van der Waals surface area (Å²) in [5.74, 6) is -1.75. The number of urea groups is 1. The minimum absolute atomic E-state index is 0.117. The zero-order valence-corrected chi connectivity index (χ0v) is 21.0. The molecule has 4 rings (SSSR count). The van der Waals surface area contributed by atoms with Crippen molar-refractivity contribution in [3.05, 3.63) is 92.6 Å². The minimum Gasteiger partial charge on any atom is -0.490 e. The van der Waals surface area contributed by atoms with Crippen molar-refractivity contribution in [1.29, 1.82) is 0 Å². The summed E-state index contributed by atoms with van der Waals surface area (Å²) in [6.45, 7) is 2.30. The summed E-state index contributed by atoms with van der Waals surface area (Å²) in [5.41, 5.74) is 1.06. The number of carbonyl (C=O) groups excluding carboxylic acids is 3. The Balaban J connectivity index is 1.65. The van der Waals surface area contributed by atoms with Crippen LogP contribution in [0.15, 0.2) is 66.2 Å². The Morgan fingerprint density at radius 3 is 2.22 bits per heavy atom. The van der Waals surface area contributed by atoms with Crippen molar-refractivity contribution in [2.45, 2.75) is 13.5 Å². The van der Waals surface area contributed by atoms with Crippen molar-refractivity contribution in [1.82, 2.24) is 5.32 Å². The topological polar surface area (TPSA) is 84.9 Å². The number of ether oxygens (including phenoxy) is 2. The molecule has 1 saturated heterocycles. The quantitative estimate of drug-likeness (QED) is 0.228. The van der Waals surface area contributed by atoms with E-state index in [1.54, 1.807) is 31.2 Å². The van der Waals surface area contributed by atoms with Crippen LogP contribution in [0.2, 0.25) is 0 Å². The third kappa shape index (κ3) is 5.54. The molecule has 1 fully saturated rings.